The summed E-state index contributed by atoms with van der Waals surface area (Å²) in [5.41, 5.74) is -0.418. The summed E-state index contributed by atoms with van der Waals surface area (Å²) in [5.74, 6) is -2.48. The quantitative estimate of drug-likeness (QED) is 0.324. The number of nitrogens with zero attached hydrogens (tertiary/aromatic N) is 5. The minimum Gasteiger partial charge on any atom is -0.485 e. The predicted molar refractivity (Wildman–Crippen MR) is 132 cm³/mol. The van der Waals surface area contributed by atoms with Crippen LogP contribution in [0.1, 0.15) is 33.0 Å². The van der Waals surface area contributed by atoms with Crippen LogP contribution in [0.2, 0.25) is 5.02 Å². The fourth-order valence-corrected chi connectivity index (χ4v) is 4.90. The molecule has 4 rings (SSSR count). The molecule has 0 aliphatic carbocycles. The van der Waals surface area contributed by atoms with E-state index in [0.29, 0.717) is 29.9 Å². The van der Waals surface area contributed by atoms with E-state index < -0.39 is 44.3 Å². The molecule has 0 bridgehead atoms. The molecular weight excluding hydrogens is 528 g/mol. The van der Waals surface area contributed by atoms with Gasteiger partial charge in [0, 0.05) is 36.3 Å². The van der Waals surface area contributed by atoms with E-state index in [2.05, 4.69) is 15.1 Å². The Hall–Kier alpha value is -3.64. The molecule has 4 heterocycles. The van der Waals surface area contributed by atoms with E-state index >= 15 is 0 Å². The number of sulfone groups is 1. The highest BCUT2D eigenvalue weighted by molar-refractivity contribution is 7.91. The molecule has 0 atom stereocenters. The van der Waals surface area contributed by atoms with Gasteiger partial charge in [-0.2, -0.15) is 5.10 Å². The summed E-state index contributed by atoms with van der Waals surface area (Å²) < 4.78 is 76.0. The highest BCUT2D eigenvalue weighted by Crippen LogP contribution is 2.26. The van der Waals surface area contributed by atoms with Gasteiger partial charge in [0.15, 0.2) is 26.5 Å². The van der Waals surface area contributed by atoms with Gasteiger partial charge < -0.3 is 4.74 Å². The number of pyridine rings is 3. The molecule has 0 N–H and O–H groups in total. The second-order valence-electron chi connectivity index (χ2n) is 8.04. The van der Waals surface area contributed by atoms with Crippen molar-refractivity contribution in [1.82, 2.24) is 24.3 Å². The van der Waals surface area contributed by atoms with Crippen molar-refractivity contribution >= 4 is 21.4 Å². The minimum atomic E-state index is -3.56. The molecular formula is C24H22ClF2N5O4S. The van der Waals surface area contributed by atoms with Crippen LogP contribution in [0.5, 0.6) is 5.75 Å². The first-order chi connectivity index (χ1) is 18.2. The van der Waals surface area contributed by atoms with Gasteiger partial charge in [-0.3, -0.25) is 14.3 Å². The number of hydrogen-bond donors (Lipinski definition) is 0. The first-order valence-electron chi connectivity index (χ1n) is 11.9. The highest BCUT2D eigenvalue weighted by atomic mass is 35.5. The third-order valence-electron chi connectivity index (χ3n) is 5.26. The smallest absolute Gasteiger partial charge is 0.277 e. The lowest BCUT2D eigenvalue weighted by atomic mass is 10.2. The van der Waals surface area contributed by atoms with E-state index in [1.54, 1.807) is 20.8 Å². The third kappa shape index (κ3) is 5.39. The van der Waals surface area contributed by atoms with Crippen molar-refractivity contribution in [3.05, 3.63) is 86.8 Å². The van der Waals surface area contributed by atoms with Gasteiger partial charge >= 0.3 is 0 Å². The van der Waals surface area contributed by atoms with Gasteiger partial charge in [0.2, 0.25) is 0 Å². The van der Waals surface area contributed by atoms with Gasteiger partial charge in [-0.05, 0) is 31.9 Å². The molecule has 0 aromatic carbocycles. The summed E-state index contributed by atoms with van der Waals surface area (Å²) in [7, 11) is -3.56. The average Bonchev–Trinajstić information content (AvgIpc) is 3.34. The van der Waals surface area contributed by atoms with Gasteiger partial charge in [-0.15, -0.1) is 0 Å². The lowest BCUT2D eigenvalue weighted by Gasteiger charge is -2.16. The molecule has 0 saturated carbocycles. The molecule has 0 saturated heterocycles. The molecule has 37 heavy (non-hydrogen) atoms. The van der Waals surface area contributed by atoms with Crippen molar-refractivity contribution in [3.63, 3.8) is 0 Å². The molecule has 0 unspecified atom stereocenters. The van der Waals surface area contributed by atoms with E-state index in [0.717, 1.165) is 0 Å². The first kappa shape index (κ1) is 23.7. The number of aryl methyl sites for hydroxylation is 2. The number of hydrogen-bond acceptors (Lipinski definition) is 7. The zero-order valence-electron chi connectivity index (χ0n) is 21.9. The highest BCUT2D eigenvalue weighted by Gasteiger charge is 2.20. The Bertz CT molecular complexity index is 1750. The van der Waals surface area contributed by atoms with Crippen LogP contribution < -0.4 is 10.3 Å². The molecule has 0 aliphatic rings. The van der Waals surface area contributed by atoms with Crippen LogP contribution in [0, 0.1) is 25.5 Å². The molecule has 194 valence electrons. The van der Waals surface area contributed by atoms with Crippen LogP contribution in [0.4, 0.5) is 8.78 Å². The maximum absolute atomic E-state index is 14.2. The van der Waals surface area contributed by atoms with Gasteiger partial charge in [-0.1, -0.05) is 18.5 Å². The van der Waals surface area contributed by atoms with Gasteiger partial charge in [0.05, 0.1) is 20.4 Å². The summed E-state index contributed by atoms with van der Waals surface area (Å²) >= 11 is 6.27. The standard InChI is InChI=1S/C24H22ClF2N5O4S/c1-4-7-37(34,35)22-5-6-31(30-22)21-10-19(14(2)11-29-21)32-15(3)8-20(23(25)24(32)33)36-13-18-17(27)9-16(26)12-28-18/h5-6,8-12H,4,7,13H2,1-3H3/i13D2. The monoisotopic (exact) mass is 551 g/mol. The zero-order valence-corrected chi connectivity index (χ0v) is 21.4. The lowest BCUT2D eigenvalue weighted by molar-refractivity contribution is 0.292. The van der Waals surface area contributed by atoms with Crippen molar-refractivity contribution in [2.75, 3.05) is 5.75 Å². The van der Waals surface area contributed by atoms with Crippen molar-refractivity contribution in [2.45, 2.75) is 38.8 Å². The predicted octanol–water partition coefficient (Wildman–Crippen LogP) is 4.12. The Morgan fingerprint density at radius 3 is 2.62 bits per heavy atom. The number of ether oxygens (including phenoxy) is 1. The number of rotatable bonds is 8. The zero-order chi connectivity index (χ0) is 28.7. The fourth-order valence-electron chi connectivity index (χ4n) is 3.49. The fraction of sp³-hybridized carbons (Fsp3) is 0.250. The van der Waals surface area contributed by atoms with E-state index in [9.17, 15) is 22.0 Å². The Kier molecular flexibility index (Phi) is 6.66. The SMILES string of the molecule is [2H]C([2H])(Oc1cc(C)n(-c2cc(-n3ccc(S(=O)(=O)CCC)n3)ncc2C)c(=O)c1Cl)c1ncc(F)cc1F. The molecule has 4 aromatic rings. The Labute approximate surface area is 219 Å². The Morgan fingerprint density at radius 1 is 1.16 bits per heavy atom. The minimum absolute atomic E-state index is 0.0557. The Morgan fingerprint density at radius 2 is 1.92 bits per heavy atom. The molecule has 0 aliphatic heterocycles. The molecule has 13 heteroatoms. The summed E-state index contributed by atoms with van der Waals surface area (Å²) in [6, 6.07) is 4.62. The average molecular weight is 552 g/mol. The molecule has 0 radical (unpaired) electrons. The topological polar surface area (TPSA) is 109 Å². The summed E-state index contributed by atoms with van der Waals surface area (Å²) in [6.45, 7) is 2.09. The largest absolute Gasteiger partial charge is 0.485 e. The van der Waals surface area contributed by atoms with Gasteiger partial charge in [-0.25, -0.2) is 26.9 Å². The number of halogens is 3. The van der Waals surface area contributed by atoms with E-state index in [1.807, 2.05) is 0 Å². The van der Waals surface area contributed by atoms with Crippen LogP contribution in [-0.2, 0) is 16.4 Å². The molecule has 9 nitrogen and oxygen atoms in total. The van der Waals surface area contributed by atoms with Crippen molar-refractivity contribution in [3.8, 4) is 17.3 Å². The Balaban J connectivity index is 1.75. The van der Waals surface area contributed by atoms with Crippen molar-refractivity contribution in [2.24, 2.45) is 0 Å². The molecule has 0 fully saturated rings. The van der Waals surface area contributed by atoms with Gasteiger partial charge in [0.1, 0.15) is 28.8 Å². The lowest BCUT2D eigenvalue weighted by Crippen LogP contribution is -2.23. The summed E-state index contributed by atoms with van der Waals surface area (Å²) in [4.78, 5) is 21.0. The third-order valence-corrected chi connectivity index (χ3v) is 7.41. The van der Waals surface area contributed by atoms with Crippen LogP contribution in [-0.4, -0.2) is 38.5 Å². The molecule has 0 amide bonds. The second kappa shape index (κ2) is 10.4. The van der Waals surface area contributed by atoms with Crippen LogP contribution >= 0.6 is 11.6 Å². The van der Waals surface area contributed by atoms with Crippen LogP contribution in [0.3, 0.4) is 0 Å². The maximum Gasteiger partial charge on any atom is 0.277 e. The molecule has 0 spiro atoms. The van der Waals surface area contributed by atoms with Gasteiger partial charge in [0.25, 0.3) is 5.56 Å². The molecule has 4 aromatic heterocycles. The summed E-state index contributed by atoms with van der Waals surface area (Å²) in [5, 5.41) is 3.52. The van der Waals surface area contributed by atoms with E-state index in [-0.39, 0.29) is 28.0 Å². The number of aromatic nitrogens is 5. The van der Waals surface area contributed by atoms with Crippen molar-refractivity contribution < 1.29 is 24.7 Å². The summed E-state index contributed by atoms with van der Waals surface area (Å²) in [6.07, 6.45) is 3.98. The first-order valence-corrected chi connectivity index (χ1v) is 13.0. The van der Waals surface area contributed by atoms with E-state index in [4.69, 9.17) is 19.1 Å². The maximum atomic E-state index is 14.2. The van der Waals surface area contributed by atoms with Crippen molar-refractivity contribution in [1.29, 1.82) is 0 Å². The van der Waals surface area contributed by atoms with E-state index in [1.165, 1.54) is 39.8 Å². The van der Waals surface area contributed by atoms with Crippen LogP contribution in [0.25, 0.3) is 11.5 Å². The normalized spacial score (nSPS) is 12.8. The van der Waals surface area contributed by atoms with Crippen LogP contribution in [0.15, 0.2) is 52.7 Å². The second-order valence-corrected chi connectivity index (χ2v) is 10.5.